The van der Waals surface area contributed by atoms with Crippen LogP contribution in [0.25, 0.3) is 0 Å². The second kappa shape index (κ2) is 7.66. The van der Waals surface area contributed by atoms with Crippen molar-refractivity contribution in [2.75, 3.05) is 0 Å². The Balaban J connectivity index is 2.01. The third-order valence-corrected chi connectivity index (χ3v) is 4.11. The molecule has 1 aromatic heterocycles. The Hall–Kier alpha value is -1.79. The van der Waals surface area contributed by atoms with E-state index in [9.17, 15) is 22.8 Å². The van der Waals surface area contributed by atoms with Crippen LogP contribution < -0.4 is 10.9 Å². The average Bonchev–Trinajstić information content (AvgIpc) is 2.42. The third-order valence-electron chi connectivity index (χ3n) is 4.11. The standard InChI is InChI=1S/C16H21F3N2O2/c17-16(18,19)13-9-6-10-21(15(13)23)11-14(22)20-12-7-4-2-1-3-5-8-12/h6,9-10,12H,1-5,7-8,11H2,(H,20,22). The maximum atomic E-state index is 12.7. The number of halogens is 3. The molecule has 0 saturated heterocycles. The summed E-state index contributed by atoms with van der Waals surface area (Å²) < 4.78 is 38.9. The van der Waals surface area contributed by atoms with E-state index in [2.05, 4.69) is 5.32 Å². The van der Waals surface area contributed by atoms with Gasteiger partial charge in [0.25, 0.3) is 5.56 Å². The molecule has 2 rings (SSSR count). The van der Waals surface area contributed by atoms with Gasteiger partial charge in [-0.05, 0) is 25.0 Å². The first-order chi connectivity index (χ1) is 10.9. The van der Waals surface area contributed by atoms with Gasteiger partial charge in [-0.1, -0.05) is 32.1 Å². The van der Waals surface area contributed by atoms with E-state index in [0.717, 1.165) is 55.2 Å². The highest BCUT2D eigenvalue weighted by Gasteiger charge is 2.34. The number of aromatic nitrogens is 1. The number of rotatable bonds is 3. The fourth-order valence-electron chi connectivity index (χ4n) is 2.91. The number of amides is 1. The molecule has 0 radical (unpaired) electrons. The van der Waals surface area contributed by atoms with Crippen LogP contribution in [-0.2, 0) is 17.5 Å². The third kappa shape index (κ3) is 5.11. The number of alkyl halides is 3. The van der Waals surface area contributed by atoms with Crippen molar-refractivity contribution in [3.8, 4) is 0 Å². The Morgan fingerprint density at radius 3 is 2.39 bits per heavy atom. The van der Waals surface area contributed by atoms with Crippen molar-refractivity contribution >= 4 is 5.91 Å². The van der Waals surface area contributed by atoms with Crippen LogP contribution in [0.2, 0.25) is 0 Å². The Morgan fingerprint density at radius 2 is 1.78 bits per heavy atom. The van der Waals surface area contributed by atoms with E-state index in [0.29, 0.717) is 0 Å². The van der Waals surface area contributed by atoms with Crippen molar-refractivity contribution in [2.24, 2.45) is 0 Å². The van der Waals surface area contributed by atoms with Gasteiger partial charge in [-0.3, -0.25) is 9.59 Å². The Bertz CT molecular complexity index is 588. The van der Waals surface area contributed by atoms with Gasteiger partial charge in [0.1, 0.15) is 12.1 Å². The normalized spacial score (nSPS) is 17.3. The first-order valence-corrected chi connectivity index (χ1v) is 7.94. The predicted octanol–water partition coefficient (Wildman–Crippen LogP) is 3.10. The quantitative estimate of drug-likeness (QED) is 0.926. The van der Waals surface area contributed by atoms with Crippen molar-refractivity contribution in [1.82, 2.24) is 9.88 Å². The molecule has 4 nitrogen and oxygen atoms in total. The zero-order valence-corrected chi connectivity index (χ0v) is 12.9. The summed E-state index contributed by atoms with van der Waals surface area (Å²) in [5.41, 5.74) is -2.44. The van der Waals surface area contributed by atoms with Crippen LogP contribution in [0.15, 0.2) is 23.1 Å². The van der Waals surface area contributed by atoms with Gasteiger partial charge in [-0.25, -0.2) is 0 Å². The molecule has 1 aromatic rings. The molecule has 0 unspecified atom stereocenters. The van der Waals surface area contributed by atoms with E-state index >= 15 is 0 Å². The highest BCUT2D eigenvalue weighted by atomic mass is 19.4. The Labute approximate surface area is 132 Å². The molecule has 128 valence electrons. The van der Waals surface area contributed by atoms with Crippen LogP contribution in [0.3, 0.4) is 0 Å². The van der Waals surface area contributed by atoms with E-state index < -0.39 is 23.2 Å². The number of hydrogen-bond donors (Lipinski definition) is 1. The molecule has 1 N–H and O–H groups in total. The fourth-order valence-corrected chi connectivity index (χ4v) is 2.91. The van der Waals surface area contributed by atoms with Crippen LogP contribution in [0.4, 0.5) is 13.2 Å². The van der Waals surface area contributed by atoms with Crippen LogP contribution >= 0.6 is 0 Å². The molecule has 0 atom stereocenters. The highest BCUT2D eigenvalue weighted by Crippen LogP contribution is 2.26. The van der Waals surface area contributed by atoms with Crippen molar-refractivity contribution in [3.63, 3.8) is 0 Å². The van der Waals surface area contributed by atoms with Gasteiger partial charge >= 0.3 is 6.18 Å². The molecular weight excluding hydrogens is 309 g/mol. The highest BCUT2D eigenvalue weighted by molar-refractivity contribution is 5.76. The van der Waals surface area contributed by atoms with Crippen molar-refractivity contribution in [1.29, 1.82) is 0 Å². The Kier molecular flexibility index (Phi) is 5.85. The number of hydrogen-bond acceptors (Lipinski definition) is 2. The van der Waals surface area contributed by atoms with E-state index in [-0.39, 0.29) is 12.6 Å². The molecule has 0 spiro atoms. The zero-order valence-electron chi connectivity index (χ0n) is 12.9. The Morgan fingerprint density at radius 1 is 1.17 bits per heavy atom. The first kappa shape index (κ1) is 17.6. The zero-order chi connectivity index (χ0) is 16.9. The van der Waals surface area contributed by atoms with E-state index in [1.54, 1.807) is 0 Å². The summed E-state index contributed by atoms with van der Waals surface area (Å²) in [4.78, 5) is 23.8. The molecular formula is C16H21F3N2O2. The van der Waals surface area contributed by atoms with Gasteiger partial charge in [0.15, 0.2) is 0 Å². The van der Waals surface area contributed by atoms with E-state index in [1.807, 2.05) is 0 Å². The predicted molar refractivity (Wildman–Crippen MR) is 80.0 cm³/mol. The van der Waals surface area contributed by atoms with Crippen molar-refractivity contribution in [2.45, 2.75) is 63.7 Å². The average molecular weight is 330 g/mol. The number of pyridine rings is 1. The number of carbonyl (C=O) groups is 1. The first-order valence-electron chi connectivity index (χ1n) is 7.94. The van der Waals surface area contributed by atoms with Gasteiger partial charge in [-0.2, -0.15) is 13.2 Å². The second-order valence-electron chi connectivity index (χ2n) is 5.96. The minimum Gasteiger partial charge on any atom is -0.352 e. The number of carbonyl (C=O) groups excluding carboxylic acids is 1. The number of nitrogens with zero attached hydrogens (tertiary/aromatic N) is 1. The molecule has 7 heteroatoms. The molecule has 1 fully saturated rings. The lowest BCUT2D eigenvalue weighted by Crippen LogP contribution is -2.40. The minimum absolute atomic E-state index is 0.0456. The van der Waals surface area contributed by atoms with Crippen molar-refractivity contribution < 1.29 is 18.0 Å². The van der Waals surface area contributed by atoms with Crippen LogP contribution in [0.1, 0.15) is 50.5 Å². The van der Waals surface area contributed by atoms with Gasteiger partial charge in [0.2, 0.25) is 5.91 Å². The molecule has 1 aliphatic rings. The lowest BCUT2D eigenvalue weighted by Gasteiger charge is -2.21. The summed E-state index contributed by atoms with van der Waals surface area (Å²) in [6, 6.07) is 1.91. The van der Waals surface area contributed by atoms with Crippen LogP contribution in [-0.4, -0.2) is 16.5 Å². The molecule has 1 saturated carbocycles. The monoisotopic (exact) mass is 330 g/mol. The SMILES string of the molecule is O=C(Cn1cccc(C(F)(F)F)c1=O)NC1CCCCCCC1. The number of nitrogens with one attached hydrogen (secondary N) is 1. The maximum Gasteiger partial charge on any atom is 0.421 e. The van der Waals surface area contributed by atoms with Crippen LogP contribution in [0, 0.1) is 0 Å². The summed E-state index contributed by atoms with van der Waals surface area (Å²) in [6.07, 6.45) is 3.81. The smallest absolute Gasteiger partial charge is 0.352 e. The molecule has 1 amide bonds. The summed E-state index contributed by atoms with van der Waals surface area (Å²) in [5.74, 6) is -0.419. The van der Waals surface area contributed by atoms with Gasteiger partial charge in [-0.15, -0.1) is 0 Å². The fraction of sp³-hybridized carbons (Fsp3) is 0.625. The molecule has 1 heterocycles. The minimum atomic E-state index is -4.71. The molecule has 0 aromatic carbocycles. The second-order valence-corrected chi connectivity index (χ2v) is 5.96. The summed E-state index contributed by atoms with van der Waals surface area (Å²) in [5, 5.41) is 2.84. The van der Waals surface area contributed by atoms with E-state index in [4.69, 9.17) is 0 Å². The maximum absolute atomic E-state index is 12.7. The van der Waals surface area contributed by atoms with Crippen molar-refractivity contribution in [3.05, 3.63) is 34.2 Å². The van der Waals surface area contributed by atoms with Gasteiger partial charge in [0, 0.05) is 12.2 Å². The topological polar surface area (TPSA) is 51.1 Å². The van der Waals surface area contributed by atoms with Gasteiger partial charge in [0.05, 0.1) is 0 Å². The molecule has 0 aliphatic heterocycles. The summed E-state index contributed by atoms with van der Waals surface area (Å²) in [6.45, 7) is -0.390. The van der Waals surface area contributed by atoms with E-state index in [1.165, 1.54) is 12.6 Å². The summed E-state index contributed by atoms with van der Waals surface area (Å²) in [7, 11) is 0. The largest absolute Gasteiger partial charge is 0.421 e. The summed E-state index contributed by atoms with van der Waals surface area (Å²) >= 11 is 0. The molecule has 23 heavy (non-hydrogen) atoms. The molecule has 0 bridgehead atoms. The van der Waals surface area contributed by atoms with Gasteiger partial charge < -0.3 is 9.88 Å². The van der Waals surface area contributed by atoms with Crippen LogP contribution in [0.5, 0.6) is 0 Å². The lowest BCUT2D eigenvalue weighted by molar-refractivity contribution is -0.139. The molecule has 1 aliphatic carbocycles. The lowest BCUT2D eigenvalue weighted by atomic mass is 9.97.